The van der Waals surface area contributed by atoms with Crippen molar-refractivity contribution in [3.8, 4) is 0 Å². The maximum Gasteiger partial charge on any atom is 0.164 e. The number of aliphatic hydroxyl groups excluding tert-OH is 1. The molecule has 0 fully saturated rings. The Morgan fingerprint density at radius 1 is 1.05 bits per heavy atom. The first-order valence-electron chi connectivity index (χ1n) is 7.65. The van der Waals surface area contributed by atoms with Gasteiger partial charge in [0.25, 0.3) is 0 Å². The minimum absolute atomic E-state index is 0.0454. The minimum Gasteiger partial charge on any atom is -0.388 e. The third kappa shape index (κ3) is 6.10. The SMILES string of the molecule is CC(C)CN(CCC(O)c1cccc(F)c1F)CC(C)C. The van der Waals surface area contributed by atoms with E-state index in [1.54, 1.807) is 0 Å². The lowest BCUT2D eigenvalue weighted by molar-refractivity contribution is 0.128. The van der Waals surface area contributed by atoms with E-state index >= 15 is 0 Å². The summed E-state index contributed by atoms with van der Waals surface area (Å²) in [7, 11) is 0. The van der Waals surface area contributed by atoms with E-state index < -0.39 is 17.7 Å². The van der Waals surface area contributed by atoms with Gasteiger partial charge in [-0.25, -0.2) is 8.78 Å². The second kappa shape index (κ2) is 8.44. The van der Waals surface area contributed by atoms with Crippen LogP contribution in [0.3, 0.4) is 0 Å². The third-order valence-electron chi connectivity index (χ3n) is 3.31. The standard InChI is InChI=1S/C17H27F2NO/c1-12(2)10-20(11-13(3)4)9-8-16(21)14-6-5-7-15(18)17(14)19/h5-7,12-13,16,21H,8-11H2,1-4H3. The predicted octanol–water partition coefficient (Wildman–Crippen LogP) is 4.00. The minimum atomic E-state index is -0.970. The Morgan fingerprint density at radius 3 is 2.14 bits per heavy atom. The summed E-state index contributed by atoms with van der Waals surface area (Å²) in [5.41, 5.74) is 0.0454. The summed E-state index contributed by atoms with van der Waals surface area (Å²) in [4.78, 5) is 2.27. The van der Waals surface area contributed by atoms with Crippen LogP contribution < -0.4 is 0 Å². The molecule has 0 aromatic heterocycles. The van der Waals surface area contributed by atoms with Crippen LogP contribution in [-0.4, -0.2) is 29.6 Å². The molecule has 0 aliphatic heterocycles. The molecule has 0 spiro atoms. The molecule has 1 atom stereocenters. The summed E-state index contributed by atoms with van der Waals surface area (Å²) in [6, 6.07) is 3.94. The zero-order chi connectivity index (χ0) is 16.0. The average molecular weight is 299 g/mol. The molecule has 120 valence electrons. The molecule has 1 aromatic rings. The van der Waals surface area contributed by atoms with Crippen molar-refractivity contribution < 1.29 is 13.9 Å². The number of rotatable bonds is 8. The zero-order valence-electron chi connectivity index (χ0n) is 13.4. The van der Waals surface area contributed by atoms with E-state index in [0.29, 0.717) is 24.8 Å². The Bertz CT molecular complexity index is 425. The maximum absolute atomic E-state index is 13.6. The fourth-order valence-electron chi connectivity index (χ4n) is 2.53. The predicted molar refractivity (Wildman–Crippen MR) is 82.1 cm³/mol. The summed E-state index contributed by atoms with van der Waals surface area (Å²) in [6.45, 7) is 11.2. The van der Waals surface area contributed by atoms with Crippen molar-refractivity contribution in [2.24, 2.45) is 11.8 Å². The second-order valence-electron chi connectivity index (χ2n) is 6.49. The van der Waals surface area contributed by atoms with Gasteiger partial charge in [-0.05, 0) is 24.3 Å². The van der Waals surface area contributed by atoms with Gasteiger partial charge in [0.2, 0.25) is 0 Å². The van der Waals surface area contributed by atoms with Gasteiger partial charge >= 0.3 is 0 Å². The molecule has 0 aliphatic carbocycles. The summed E-state index contributed by atoms with van der Waals surface area (Å²) in [6.07, 6.45) is -0.567. The molecule has 0 radical (unpaired) electrons. The van der Waals surface area contributed by atoms with Crippen LogP contribution in [0, 0.1) is 23.5 Å². The van der Waals surface area contributed by atoms with Crippen molar-refractivity contribution >= 4 is 0 Å². The van der Waals surface area contributed by atoms with Crippen LogP contribution in [0.15, 0.2) is 18.2 Å². The van der Waals surface area contributed by atoms with E-state index in [1.807, 2.05) is 0 Å². The first-order chi connectivity index (χ1) is 9.81. The van der Waals surface area contributed by atoms with Gasteiger partial charge in [0.15, 0.2) is 11.6 Å². The summed E-state index contributed by atoms with van der Waals surface area (Å²) >= 11 is 0. The van der Waals surface area contributed by atoms with E-state index in [9.17, 15) is 13.9 Å². The van der Waals surface area contributed by atoms with E-state index in [4.69, 9.17) is 0 Å². The lowest BCUT2D eigenvalue weighted by Gasteiger charge is -2.27. The first kappa shape index (κ1) is 18.1. The van der Waals surface area contributed by atoms with Crippen LogP contribution in [-0.2, 0) is 0 Å². The van der Waals surface area contributed by atoms with Crippen molar-refractivity contribution in [2.45, 2.75) is 40.2 Å². The number of benzene rings is 1. The van der Waals surface area contributed by atoms with Crippen molar-refractivity contribution in [3.63, 3.8) is 0 Å². The molecule has 0 saturated heterocycles. The van der Waals surface area contributed by atoms with Gasteiger partial charge in [0.1, 0.15) is 0 Å². The van der Waals surface area contributed by atoms with Crippen LogP contribution in [0.25, 0.3) is 0 Å². The first-order valence-corrected chi connectivity index (χ1v) is 7.65. The molecule has 1 aromatic carbocycles. The molecule has 0 amide bonds. The van der Waals surface area contributed by atoms with Crippen LogP contribution in [0.4, 0.5) is 8.78 Å². The molecule has 21 heavy (non-hydrogen) atoms. The fraction of sp³-hybridized carbons (Fsp3) is 0.647. The number of hydrogen-bond donors (Lipinski definition) is 1. The summed E-state index contributed by atoms with van der Waals surface area (Å²) < 4.78 is 26.8. The Hall–Kier alpha value is -1.00. The highest BCUT2D eigenvalue weighted by atomic mass is 19.2. The third-order valence-corrected chi connectivity index (χ3v) is 3.31. The zero-order valence-corrected chi connectivity index (χ0v) is 13.4. The van der Waals surface area contributed by atoms with Gasteiger partial charge in [0.05, 0.1) is 6.10 Å². The van der Waals surface area contributed by atoms with Crippen molar-refractivity contribution in [1.82, 2.24) is 4.90 Å². The molecule has 2 nitrogen and oxygen atoms in total. The topological polar surface area (TPSA) is 23.5 Å². The Kier molecular flexibility index (Phi) is 7.26. The largest absolute Gasteiger partial charge is 0.388 e. The molecule has 1 unspecified atom stereocenters. The second-order valence-corrected chi connectivity index (χ2v) is 6.49. The summed E-state index contributed by atoms with van der Waals surface area (Å²) in [5, 5.41) is 10.1. The van der Waals surface area contributed by atoms with Gasteiger partial charge in [-0.3, -0.25) is 0 Å². The Morgan fingerprint density at radius 2 is 1.62 bits per heavy atom. The maximum atomic E-state index is 13.6. The van der Waals surface area contributed by atoms with Crippen LogP contribution in [0.5, 0.6) is 0 Å². The van der Waals surface area contributed by atoms with E-state index in [-0.39, 0.29) is 5.56 Å². The molecule has 0 heterocycles. The summed E-state index contributed by atoms with van der Waals surface area (Å²) in [5.74, 6) is -0.782. The average Bonchev–Trinajstić information content (AvgIpc) is 2.37. The molecule has 0 saturated carbocycles. The molecule has 0 aliphatic rings. The number of nitrogens with zero attached hydrogens (tertiary/aromatic N) is 1. The molecular weight excluding hydrogens is 272 g/mol. The number of hydrogen-bond acceptors (Lipinski definition) is 2. The number of halogens is 2. The molecular formula is C17H27F2NO. The van der Waals surface area contributed by atoms with Gasteiger partial charge in [0, 0.05) is 25.2 Å². The number of aliphatic hydroxyl groups is 1. The molecule has 1 N–H and O–H groups in total. The van der Waals surface area contributed by atoms with Crippen molar-refractivity contribution in [3.05, 3.63) is 35.4 Å². The van der Waals surface area contributed by atoms with Gasteiger partial charge < -0.3 is 10.0 Å². The molecule has 1 rings (SSSR count). The normalized spacial score (nSPS) is 13.4. The van der Waals surface area contributed by atoms with E-state index in [0.717, 1.165) is 19.2 Å². The van der Waals surface area contributed by atoms with Crippen LogP contribution in [0.2, 0.25) is 0 Å². The molecule has 0 bridgehead atoms. The highest BCUT2D eigenvalue weighted by Gasteiger charge is 2.17. The van der Waals surface area contributed by atoms with E-state index in [2.05, 4.69) is 32.6 Å². The lowest BCUT2D eigenvalue weighted by atomic mass is 10.0. The van der Waals surface area contributed by atoms with Crippen LogP contribution >= 0.6 is 0 Å². The molecule has 4 heteroatoms. The van der Waals surface area contributed by atoms with Crippen molar-refractivity contribution in [2.75, 3.05) is 19.6 Å². The Labute approximate surface area is 126 Å². The van der Waals surface area contributed by atoms with Crippen molar-refractivity contribution in [1.29, 1.82) is 0 Å². The van der Waals surface area contributed by atoms with Gasteiger partial charge in [-0.1, -0.05) is 39.8 Å². The monoisotopic (exact) mass is 299 g/mol. The Balaban J connectivity index is 2.63. The van der Waals surface area contributed by atoms with E-state index in [1.165, 1.54) is 12.1 Å². The van der Waals surface area contributed by atoms with Gasteiger partial charge in [-0.15, -0.1) is 0 Å². The van der Waals surface area contributed by atoms with Crippen LogP contribution in [0.1, 0.15) is 45.8 Å². The highest BCUT2D eigenvalue weighted by molar-refractivity contribution is 5.21. The van der Waals surface area contributed by atoms with Gasteiger partial charge in [-0.2, -0.15) is 0 Å². The fourth-order valence-corrected chi connectivity index (χ4v) is 2.53. The highest BCUT2D eigenvalue weighted by Crippen LogP contribution is 2.22. The quantitative estimate of drug-likeness (QED) is 0.784. The lowest BCUT2D eigenvalue weighted by Crippen LogP contribution is -2.33. The smallest absolute Gasteiger partial charge is 0.164 e.